The summed E-state index contributed by atoms with van der Waals surface area (Å²) in [6.45, 7) is 0. The molecule has 5 rings (SSSR count). The molecule has 5 aromatic rings. The molecule has 1 amide bonds. The van der Waals surface area contributed by atoms with Crippen molar-refractivity contribution in [2.75, 3.05) is 7.11 Å². The molecular formula is C34H31N3O3. The van der Waals surface area contributed by atoms with E-state index in [1.54, 1.807) is 6.33 Å². The molecule has 0 radical (unpaired) electrons. The second kappa shape index (κ2) is 12.3. The monoisotopic (exact) mass is 529 g/mol. The first-order valence-corrected chi connectivity index (χ1v) is 13.2. The van der Waals surface area contributed by atoms with E-state index in [2.05, 4.69) is 46.3 Å². The molecule has 4 aromatic carbocycles. The van der Waals surface area contributed by atoms with Gasteiger partial charge in [0.1, 0.15) is 11.6 Å². The lowest BCUT2D eigenvalue weighted by Crippen LogP contribution is -2.43. The number of benzene rings is 4. The molecule has 0 bridgehead atoms. The van der Waals surface area contributed by atoms with Crippen molar-refractivity contribution in [1.82, 2.24) is 14.9 Å². The maximum atomic E-state index is 12.8. The van der Waals surface area contributed by atoms with Crippen LogP contribution in [0, 0.1) is 0 Å². The van der Waals surface area contributed by atoms with Crippen molar-refractivity contribution in [1.29, 1.82) is 0 Å². The maximum Gasteiger partial charge on any atom is 0.328 e. The summed E-state index contributed by atoms with van der Waals surface area (Å²) in [5.74, 6) is -0.773. The number of ether oxygens (including phenoxy) is 1. The van der Waals surface area contributed by atoms with Crippen molar-refractivity contribution < 1.29 is 14.3 Å². The van der Waals surface area contributed by atoms with Crippen molar-refractivity contribution >= 4 is 11.9 Å². The minimum absolute atomic E-state index is 0.169. The number of rotatable bonds is 10. The number of carbonyl (C=O) groups is 2. The highest BCUT2D eigenvalue weighted by Crippen LogP contribution is 2.40. The van der Waals surface area contributed by atoms with E-state index in [1.165, 1.54) is 7.11 Å². The number of hydrogen-bond acceptors (Lipinski definition) is 4. The Bertz CT molecular complexity index is 1440. The fraction of sp³-hybridized carbons (Fsp3) is 0.147. The first-order chi connectivity index (χ1) is 19.6. The normalized spacial score (nSPS) is 11.9. The number of hydrogen-bond donors (Lipinski definition) is 1. The summed E-state index contributed by atoms with van der Waals surface area (Å²) in [5.41, 5.74) is 4.01. The average molecular weight is 530 g/mol. The minimum atomic E-state index is -0.871. The Balaban J connectivity index is 1.52. The summed E-state index contributed by atoms with van der Waals surface area (Å²) in [4.78, 5) is 30.2. The second-order valence-electron chi connectivity index (χ2n) is 9.59. The molecule has 0 fully saturated rings. The number of imidazole rings is 1. The Morgan fingerprint density at radius 3 is 1.73 bits per heavy atom. The van der Waals surface area contributed by atoms with Gasteiger partial charge in [0.25, 0.3) is 0 Å². The fourth-order valence-electron chi connectivity index (χ4n) is 5.21. The van der Waals surface area contributed by atoms with E-state index < -0.39 is 17.6 Å². The topological polar surface area (TPSA) is 73.2 Å². The number of esters is 1. The number of methoxy groups -OCH3 is 1. The molecule has 0 aliphatic carbocycles. The third kappa shape index (κ3) is 5.57. The maximum absolute atomic E-state index is 12.8. The van der Waals surface area contributed by atoms with Crippen LogP contribution in [0.3, 0.4) is 0 Å². The predicted octanol–water partition coefficient (Wildman–Crippen LogP) is 5.17. The van der Waals surface area contributed by atoms with Crippen molar-refractivity contribution in [2.45, 2.75) is 24.4 Å². The lowest BCUT2D eigenvalue weighted by Gasteiger charge is -2.37. The molecule has 200 valence electrons. The summed E-state index contributed by atoms with van der Waals surface area (Å²) in [6, 6.07) is 39.4. The van der Waals surface area contributed by atoms with Crippen LogP contribution in [0.2, 0.25) is 0 Å². The van der Waals surface area contributed by atoms with Gasteiger partial charge in [-0.2, -0.15) is 0 Å². The first-order valence-electron chi connectivity index (χ1n) is 13.2. The highest BCUT2D eigenvalue weighted by molar-refractivity contribution is 5.85. The second-order valence-corrected chi connectivity index (χ2v) is 9.59. The Morgan fingerprint density at radius 1 is 0.775 bits per heavy atom. The van der Waals surface area contributed by atoms with Crippen LogP contribution in [0.5, 0.6) is 0 Å². The van der Waals surface area contributed by atoms with Gasteiger partial charge in [0.05, 0.1) is 25.6 Å². The quantitative estimate of drug-likeness (QED) is 0.200. The molecule has 0 saturated carbocycles. The van der Waals surface area contributed by atoms with E-state index in [4.69, 9.17) is 9.72 Å². The SMILES string of the molecule is COC(=O)[C@H](Cc1cn(C(c2ccccc2)(c2ccccc2)c2ccccc2)cn1)NC(=O)Cc1ccccc1. The predicted molar refractivity (Wildman–Crippen MR) is 155 cm³/mol. The van der Waals surface area contributed by atoms with Gasteiger partial charge in [-0.1, -0.05) is 121 Å². The molecule has 40 heavy (non-hydrogen) atoms. The van der Waals surface area contributed by atoms with Crippen molar-refractivity contribution in [2.24, 2.45) is 0 Å². The van der Waals surface area contributed by atoms with Crippen LogP contribution < -0.4 is 5.32 Å². The highest BCUT2D eigenvalue weighted by Gasteiger charge is 2.38. The standard InChI is InChI=1S/C34H31N3O3/c1-40-33(39)31(36-32(38)22-26-14-6-2-7-15-26)23-30-24-37(25-35-30)34(27-16-8-3-9-17-27,28-18-10-4-11-19-28)29-20-12-5-13-21-29/h2-21,24-25,31H,22-23H2,1H3,(H,36,38)/t31-/m0/s1. The molecule has 1 heterocycles. The zero-order valence-corrected chi connectivity index (χ0v) is 22.3. The molecule has 6 nitrogen and oxygen atoms in total. The summed E-state index contributed by atoms with van der Waals surface area (Å²) in [7, 11) is 1.32. The third-order valence-corrected chi connectivity index (χ3v) is 7.04. The van der Waals surface area contributed by atoms with Crippen LogP contribution in [0.4, 0.5) is 0 Å². The van der Waals surface area contributed by atoms with Gasteiger partial charge in [-0.3, -0.25) is 4.79 Å². The van der Waals surface area contributed by atoms with E-state index in [9.17, 15) is 9.59 Å². The van der Waals surface area contributed by atoms with Gasteiger partial charge < -0.3 is 14.6 Å². The number of nitrogens with zero attached hydrogens (tertiary/aromatic N) is 2. The molecule has 0 saturated heterocycles. The van der Waals surface area contributed by atoms with Gasteiger partial charge in [-0.15, -0.1) is 0 Å². The lowest BCUT2D eigenvalue weighted by atomic mass is 9.77. The average Bonchev–Trinajstić information content (AvgIpc) is 3.47. The summed E-state index contributed by atoms with van der Waals surface area (Å²) in [6.07, 6.45) is 4.10. The Hall–Kier alpha value is -4.97. The summed E-state index contributed by atoms with van der Waals surface area (Å²) < 4.78 is 7.12. The molecule has 1 N–H and O–H groups in total. The number of aromatic nitrogens is 2. The molecule has 0 spiro atoms. The van der Waals surface area contributed by atoms with Gasteiger partial charge in [0.15, 0.2) is 0 Å². The Morgan fingerprint density at radius 2 is 1.25 bits per heavy atom. The molecule has 0 aliphatic rings. The van der Waals surface area contributed by atoms with E-state index in [0.717, 1.165) is 22.3 Å². The van der Waals surface area contributed by atoms with Crippen LogP contribution in [-0.4, -0.2) is 34.6 Å². The smallest absolute Gasteiger partial charge is 0.328 e. The molecule has 6 heteroatoms. The Labute approximate surface area is 234 Å². The zero-order valence-electron chi connectivity index (χ0n) is 22.3. The van der Waals surface area contributed by atoms with Gasteiger partial charge in [-0.05, 0) is 22.3 Å². The zero-order chi connectivity index (χ0) is 27.8. The van der Waals surface area contributed by atoms with Gasteiger partial charge in [0.2, 0.25) is 5.91 Å². The van der Waals surface area contributed by atoms with E-state index >= 15 is 0 Å². The molecule has 1 atom stereocenters. The van der Waals surface area contributed by atoms with E-state index in [-0.39, 0.29) is 18.7 Å². The molecule has 1 aromatic heterocycles. The number of carbonyl (C=O) groups excluding carboxylic acids is 2. The number of nitrogens with one attached hydrogen (secondary N) is 1. The van der Waals surface area contributed by atoms with Crippen LogP contribution in [0.25, 0.3) is 0 Å². The molecular weight excluding hydrogens is 498 g/mol. The number of amides is 1. The van der Waals surface area contributed by atoms with Gasteiger partial charge in [-0.25, -0.2) is 9.78 Å². The Kier molecular flexibility index (Phi) is 8.16. The van der Waals surface area contributed by atoms with Crippen molar-refractivity contribution in [3.05, 3.63) is 162 Å². The third-order valence-electron chi connectivity index (χ3n) is 7.04. The first kappa shape index (κ1) is 26.6. The van der Waals surface area contributed by atoms with Crippen LogP contribution >= 0.6 is 0 Å². The van der Waals surface area contributed by atoms with Gasteiger partial charge in [0, 0.05) is 12.6 Å². The largest absolute Gasteiger partial charge is 0.467 e. The minimum Gasteiger partial charge on any atom is -0.467 e. The highest BCUT2D eigenvalue weighted by atomic mass is 16.5. The van der Waals surface area contributed by atoms with Crippen molar-refractivity contribution in [3.63, 3.8) is 0 Å². The fourth-order valence-corrected chi connectivity index (χ4v) is 5.21. The molecule has 0 unspecified atom stereocenters. The van der Waals surface area contributed by atoms with Crippen molar-refractivity contribution in [3.8, 4) is 0 Å². The van der Waals surface area contributed by atoms with Crippen LogP contribution in [-0.2, 0) is 32.7 Å². The van der Waals surface area contributed by atoms with Crippen LogP contribution in [0.1, 0.15) is 27.9 Å². The van der Waals surface area contributed by atoms with E-state index in [0.29, 0.717) is 5.69 Å². The summed E-state index contributed by atoms with van der Waals surface area (Å²) >= 11 is 0. The summed E-state index contributed by atoms with van der Waals surface area (Å²) in [5, 5.41) is 2.84. The van der Waals surface area contributed by atoms with E-state index in [1.807, 2.05) is 91.1 Å². The van der Waals surface area contributed by atoms with Gasteiger partial charge >= 0.3 is 5.97 Å². The van der Waals surface area contributed by atoms with Crippen LogP contribution in [0.15, 0.2) is 134 Å². The molecule has 0 aliphatic heterocycles. The lowest BCUT2D eigenvalue weighted by molar-refractivity contribution is -0.145.